The first-order valence-corrected chi connectivity index (χ1v) is 8.99. The van der Waals surface area contributed by atoms with Crippen LogP contribution in [0.3, 0.4) is 0 Å². The molecule has 25 heavy (non-hydrogen) atoms. The Balaban J connectivity index is 0.00000225. The summed E-state index contributed by atoms with van der Waals surface area (Å²) in [5.74, 6) is 1.16. The van der Waals surface area contributed by atoms with Crippen molar-refractivity contribution in [2.75, 3.05) is 0 Å². The first kappa shape index (κ1) is 19.2. The summed E-state index contributed by atoms with van der Waals surface area (Å²) in [6, 6.07) is 9.06. The molecular formula is C22H31N3. The lowest BCUT2D eigenvalue weighted by atomic mass is 9.97. The molecule has 0 saturated heterocycles. The van der Waals surface area contributed by atoms with Crippen molar-refractivity contribution in [3.05, 3.63) is 63.5 Å². The molecule has 0 amide bonds. The molecule has 134 valence electrons. The minimum absolute atomic E-state index is 0. The van der Waals surface area contributed by atoms with Crippen LogP contribution in [0.2, 0.25) is 0 Å². The molecule has 0 unspecified atom stereocenters. The van der Waals surface area contributed by atoms with Crippen LogP contribution in [0.5, 0.6) is 0 Å². The van der Waals surface area contributed by atoms with Crippen molar-refractivity contribution in [2.24, 2.45) is 7.05 Å². The molecule has 0 bridgehead atoms. The summed E-state index contributed by atoms with van der Waals surface area (Å²) in [6.45, 7) is 11.0. The fraction of sp³-hybridized carbons (Fsp3) is 0.409. The highest BCUT2D eigenvalue weighted by Crippen LogP contribution is 2.26. The minimum atomic E-state index is 0. The summed E-state index contributed by atoms with van der Waals surface area (Å²) < 4.78 is 2.27. The van der Waals surface area contributed by atoms with E-state index in [4.69, 9.17) is 4.98 Å². The van der Waals surface area contributed by atoms with Crippen molar-refractivity contribution in [2.45, 2.75) is 53.9 Å². The van der Waals surface area contributed by atoms with Crippen LogP contribution in [0.1, 0.15) is 53.1 Å². The van der Waals surface area contributed by atoms with Crippen LogP contribution in [0.15, 0.2) is 24.3 Å². The summed E-state index contributed by atoms with van der Waals surface area (Å²) in [5.41, 5.74) is 10.8. The molecule has 0 radical (unpaired) electrons. The van der Waals surface area contributed by atoms with Gasteiger partial charge in [0, 0.05) is 13.5 Å². The average Bonchev–Trinajstić information content (AvgIpc) is 2.86. The van der Waals surface area contributed by atoms with Gasteiger partial charge in [-0.3, -0.25) is 0 Å². The number of hydrogen-bond acceptors (Lipinski definition) is 2. The quantitative estimate of drug-likeness (QED) is 0.695. The molecule has 1 heterocycles. The Morgan fingerprint density at radius 2 is 1.56 bits per heavy atom. The third-order valence-corrected chi connectivity index (χ3v) is 5.26. The molecule has 0 aliphatic rings. The van der Waals surface area contributed by atoms with E-state index in [9.17, 15) is 0 Å². The van der Waals surface area contributed by atoms with Crippen LogP contribution in [0, 0.1) is 20.8 Å². The van der Waals surface area contributed by atoms with Crippen LogP contribution >= 0.6 is 0 Å². The van der Waals surface area contributed by atoms with E-state index in [1.165, 1.54) is 44.4 Å². The van der Waals surface area contributed by atoms with Gasteiger partial charge in [0.05, 0.1) is 11.0 Å². The number of aromatic nitrogens is 2. The van der Waals surface area contributed by atoms with Crippen molar-refractivity contribution in [1.29, 1.82) is 0 Å². The second-order valence-electron chi connectivity index (χ2n) is 6.92. The summed E-state index contributed by atoms with van der Waals surface area (Å²) >= 11 is 0. The van der Waals surface area contributed by atoms with Crippen molar-refractivity contribution < 1.29 is 0 Å². The van der Waals surface area contributed by atoms with E-state index in [1.54, 1.807) is 0 Å². The van der Waals surface area contributed by atoms with Gasteiger partial charge in [0.15, 0.2) is 0 Å². The second kappa shape index (κ2) is 7.40. The normalized spacial score (nSPS) is 11.0. The fourth-order valence-electron chi connectivity index (χ4n) is 3.93. The van der Waals surface area contributed by atoms with Crippen molar-refractivity contribution >= 4 is 11.0 Å². The SMILES string of the molecule is CCc1ccc2c(nc(Cc3c(C)cc(C)cc3C)n2C)c1CC.N. The van der Waals surface area contributed by atoms with E-state index in [-0.39, 0.29) is 6.15 Å². The molecule has 3 heteroatoms. The van der Waals surface area contributed by atoms with Crippen molar-refractivity contribution in [1.82, 2.24) is 15.7 Å². The lowest BCUT2D eigenvalue weighted by molar-refractivity contribution is 0.839. The van der Waals surface area contributed by atoms with Gasteiger partial charge in [-0.1, -0.05) is 37.6 Å². The maximum Gasteiger partial charge on any atom is 0.114 e. The van der Waals surface area contributed by atoms with Gasteiger partial charge in [0.25, 0.3) is 0 Å². The third-order valence-electron chi connectivity index (χ3n) is 5.26. The maximum absolute atomic E-state index is 5.05. The Morgan fingerprint density at radius 1 is 0.920 bits per heavy atom. The Kier molecular flexibility index (Phi) is 5.69. The molecule has 0 aliphatic carbocycles. The zero-order valence-corrected chi connectivity index (χ0v) is 16.5. The number of rotatable bonds is 4. The van der Waals surface area contributed by atoms with Gasteiger partial charge in [0.1, 0.15) is 5.82 Å². The molecule has 0 saturated carbocycles. The largest absolute Gasteiger partial charge is 0.344 e. The number of nitrogens with zero attached hydrogens (tertiary/aromatic N) is 2. The van der Waals surface area contributed by atoms with E-state index in [2.05, 4.69) is 70.5 Å². The zero-order chi connectivity index (χ0) is 17.4. The highest BCUT2D eigenvalue weighted by Gasteiger charge is 2.15. The number of hydrogen-bond donors (Lipinski definition) is 1. The van der Waals surface area contributed by atoms with Gasteiger partial charge in [0.2, 0.25) is 0 Å². The Labute approximate surface area is 151 Å². The Morgan fingerprint density at radius 3 is 2.12 bits per heavy atom. The van der Waals surface area contributed by atoms with Gasteiger partial charge in [-0.2, -0.15) is 0 Å². The fourth-order valence-corrected chi connectivity index (χ4v) is 3.93. The minimum Gasteiger partial charge on any atom is -0.344 e. The van der Waals surface area contributed by atoms with Crippen LogP contribution in [0.4, 0.5) is 0 Å². The van der Waals surface area contributed by atoms with E-state index < -0.39 is 0 Å². The molecular weight excluding hydrogens is 306 g/mol. The molecule has 0 atom stereocenters. The van der Waals surface area contributed by atoms with Gasteiger partial charge in [-0.05, 0) is 67.5 Å². The van der Waals surface area contributed by atoms with Crippen molar-refractivity contribution in [3.8, 4) is 0 Å². The molecule has 2 aromatic carbocycles. The van der Waals surface area contributed by atoms with Gasteiger partial charge >= 0.3 is 0 Å². The van der Waals surface area contributed by atoms with Crippen LogP contribution in [-0.2, 0) is 26.3 Å². The highest BCUT2D eigenvalue weighted by molar-refractivity contribution is 5.81. The molecule has 3 rings (SSSR count). The monoisotopic (exact) mass is 337 g/mol. The van der Waals surface area contributed by atoms with Crippen molar-refractivity contribution in [3.63, 3.8) is 0 Å². The molecule has 0 aliphatic heterocycles. The predicted molar refractivity (Wildman–Crippen MR) is 108 cm³/mol. The topological polar surface area (TPSA) is 52.8 Å². The Bertz CT molecular complexity index is 880. The van der Waals surface area contributed by atoms with Crippen LogP contribution in [-0.4, -0.2) is 9.55 Å². The van der Waals surface area contributed by atoms with Crippen LogP contribution < -0.4 is 6.15 Å². The molecule has 0 spiro atoms. The van der Waals surface area contributed by atoms with Gasteiger partial charge in [-0.15, -0.1) is 0 Å². The summed E-state index contributed by atoms with van der Waals surface area (Å²) in [7, 11) is 2.15. The smallest absolute Gasteiger partial charge is 0.114 e. The molecule has 1 aromatic heterocycles. The molecule has 0 fully saturated rings. The predicted octanol–water partition coefficient (Wildman–Crippen LogP) is 5.38. The summed E-state index contributed by atoms with van der Waals surface area (Å²) in [4.78, 5) is 5.05. The van der Waals surface area contributed by atoms with E-state index >= 15 is 0 Å². The zero-order valence-electron chi connectivity index (χ0n) is 16.5. The lowest BCUT2D eigenvalue weighted by Crippen LogP contribution is -2.03. The molecule has 3 nitrogen and oxygen atoms in total. The average molecular weight is 338 g/mol. The van der Waals surface area contributed by atoms with E-state index in [1.807, 2.05) is 0 Å². The maximum atomic E-state index is 5.05. The first-order valence-electron chi connectivity index (χ1n) is 8.99. The van der Waals surface area contributed by atoms with Gasteiger partial charge in [-0.25, -0.2) is 4.98 Å². The van der Waals surface area contributed by atoms with E-state index in [0.29, 0.717) is 0 Å². The first-order chi connectivity index (χ1) is 11.5. The van der Waals surface area contributed by atoms with Crippen LogP contribution in [0.25, 0.3) is 11.0 Å². The summed E-state index contributed by atoms with van der Waals surface area (Å²) in [5, 5.41) is 0. The molecule has 3 aromatic rings. The second-order valence-corrected chi connectivity index (χ2v) is 6.92. The Hall–Kier alpha value is -2.13. The van der Waals surface area contributed by atoms with Gasteiger partial charge < -0.3 is 10.7 Å². The number of benzene rings is 2. The number of aryl methyl sites for hydroxylation is 6. The molecule has 3 N–H and O–H groups in total. The summed E-state index contributed by atoms with van der Waals surface area (Å²) in [6.07, 6.45) is 3.01. The lowest BCUT2D eigenvalue weighted by Gasteiger charge is -2.11. The number of fused-ring (bicyclic) bond motifs is 1. The number of imidazole rings is 1. The standard InChI is InChI=1S/C22H28N2.H3N/c1-7-17-9-10-20-22(18(17)8-2)23-21(24(20)6)13-19-15(4)11-14(3)12-16(19)5;/h9-12H,7-8,13H2,1-6H3;1H3. The third kappa shape index (κ3) is 3.34. The van der Waals surface area contributed by atoms with E-state index in [0.717, 1.165) is 25.1 Å². The highest BCUT2D eigenvalue weighted by atomic mass is 15.1.